The molecule has 0 aliphatic carbocycles. The Labute approximate surface area is 109 Å². The van der Waals surface area contributed by atoms with E-state index >= 15 is 0 Å². The summed E-state index contributed by atoms with van der Waals surface area (Å²) in [5.74, 6) is 0.606. The number of rotatable bonds is 3. The summed E-state index contributed by atoms with van der Waals surface area (Å²) in [5.41, 5.74) is 1.09. The van der Waals surface area contributed by atoms with E-state index in [1.807, 2.05) is 18.2 Å². The lowest BCUT2D eigenvalue weighted by atomic mass is 10.0. The predicted octanol–water partition coefficient (Wildman–Crippen LogP) is 3.94. The van der Waals surface area contributed by atoms with Gasteiger partial charge < -0.3 is 10.1 Å². The Bertz CT molecular complexity index is 366. The summed E-state index contributed by atoms with van der Waals surface area (Å²) in [6.07, 6.45) is 1.14. The average Bonchev–Trinajstić information content (AvgIpc) is 2.77. The summed E-state index contributed by atoms with van der Waals surface area (Å²) in [6, 6.07) is 6.33. The monoisotopic (exact) mass is 303 g/mol. The number of anilines is 1. The molecule has 1 aromatic rings. The van der Waals surface area contributed by atoms with Gasteiger partial charge in [0.15, 0.2) is 0 Å². The van der Waals surface area contributed by atoms with Gasteiger partial charge in [-0.15, -0.1) is 0 Å². The molecule has 88 valence electrons. The van der Waals surface area contributed by atoms with E-state index in [0.29, 0.717) is 12.0 Å². The van der Waals surface area contributed by atoms with Crippen molar-refractivity contribution in [1.29, 1.82) is 0 Å². The first-order chi connectivity index (χ1) is 7.66. The van der Waals surface area contributed by atoms with Gasteiger partial charge in [-0.05, 0) is 47.5 Å². The van der Waals surface area contributed by atoms with Gasteiger partial charge in [0.25, 0.3) is 0 Å². The average molecular weight is 305 g/mol. The Kier molecular flexibility index (Phi) is 4.11. The smallest absolute Gasteiger partial charge is 0.0549 e. The Hall–Kier alpha value is -0.250. The van der Waals surface area contributed by atoms with Gasteiger partial charge in [0.1, 0.15) is 0 Å². The third-order valence-corrected chi connectivity index (χ3v) is 4.20. The first-order valence-corrected chi connectivity index (χ1v) is 6.63. The number of halogens is 2. The maximum Gasteiger partial charge on any atom is 0.0549 e. The molecule has 2 rings (SSSR count). The second-order valence-corrected chi connectivity index (χ2v) is 5.45. The molecule has 0 bridgehead atoms. The van der Waals surface area contributed by atoms with Crippen LogP contribution in [0.5, 0.6) is 0 Å². The Morgan fingerprint density at radius 1 is 1.56 bits per heavy atom. The maximum atomic E-state index is 5.95. The molecule has 2 unspecified atom stereocenters. The maximum absolute atomic E-state index is 5.95. The van der Waals surface area contributed by atoms with Crippen molar-refractivity contribution in [3.8, 4) is 0 Å². The van der Waals surface area contributed by atoms with Gasteiger partial charge in [-0.2, -0.15) is 0 Å². The first kappa shape index (κ1) is 12.2. The second kappa shape index (κ2) is 5.39. The van der Waals surface area contributed by atoms with E-state index in [1.54, 1.807) is 0 Å². The van der Waals surface area contributed by atoms with Crippen molar-refractivity contribution in [3.05, 3.63) is 27.7 Å². The van der Waals surface area contributed by atoms with Crippen LogP contribution in [0.25, 0.3) is 0 Å². The second-order valence-electron chi connectivity index (χ2n) is 4.19. The lowest BCUT2D eigenvalue weighted by Gasteiger charge is -2.20. The fraction of sp³-hybridized carbons (Fsp3) is 0.500. The number of ether oxygens (including phenoxy) is 1. The van der Waals surface area contributed by atoms with Crippen LogP contribution in [0.15, 0.2) is 22.7 Å². The molecule has 1 N–H and O–H groups in total. The fourth-order valence-corrected chi connectivity index (χ4v) is 2.41. The van der Waals surface area contributed by atoms with Crippen molar-refractivity contribution in [1.82, 2.24) is 0 Å². The van der Waals surface area contributed by atoms with Crippen LogP contribution in [-0.2, 0) is 4.74 Å². The molecule has 2 atom stereocenters. The SMILES string of the molecule is CC(Nc1ccc(Cl)c(Br)c1)C1CCOC1. The molecule has 0 saturated carbocycles. The molecule has 0 spiro atoms. The molecule has 0 aromatic heterocycles. The highest BCUT2D eigenvalue weighted by molar-refractivity contribution is 9.10. The Morgan fingerprint density at radius 2 is 2.38 bits per heavy atom. The summed E-state index contributed by atoms with van der Waals surface area (Å²) in [4.78, 5) is 0. The zero-order valence-electron chi connectivity index (χ0n) is 9.17. The normalized spacial score (nSPS) is 22.1. The van der Waals surface area contributed by atoms with Crippen LogP contribution in [0, 0.1) is 5.92 Å². The zero-order chi connectivity index (χ0) is 11.5. The molecule has 0 radical (unpaired) electrons. The van der Waals surface area contributed by atoms with E-state index in [4.69, 9.17) is 16.3 Å². The molecule has 2 nitrogen and oxygen atoms in total. The lowest BCUT2D eigenvalue weighted by Crippen LogP contribution is -2.26. The molecule has 1 saturated heterocycles. The van der Waals surface area contributed by atoms with Crippen LogP contribution in [0.1, 0.15) is 13.3 Å². The highest BCUT2D eigenvalue weighted by Gasteiger charge is 2.22. The van der Waals surface area contributed by atoms with Crippen LogP contribution in [0.2, 0.25) is 5.02 Å². The minimum Gasteiger partial charge on any atom is -0.382 e. The van der Waals surface area contributed by atoms with Crippen LogP contribution in [-0.4, -0.2) is 19.3 Å². The van der Waals surface area contributed by atoms with Gasteiger partial charge >= 0.3 is 0 Å². The van der Waals surface area contributed by atoms with E-state index < -0.39 is 0 Å². The van der Waals surface area contributed by atoms with E-state index in [9.17, 15) is 0 Å². The van der Waals surface area contributed by atoms with Gasteiger partial charge in [0, 0.05) is 28.7 Å². The standard InChI is InChI=1S/C12H15BrClNO/c1-8(9-4-5-16-7-9)15-10-2-3-12(14)11(13)6-10/h2-3,6,8-9,15H,4-5,7H2,1H3. The van der Waals surface area contributed by atoms with Crippen LogP contribution >= 0.6 is 27.5 Å². The number of hydrogen-bond acceptors (Lipinski definition) is 2. The molecular formula is C12H15BrClNO. The van der Waals surface area contributed by atoms with Crippen molar-refractivity contribution >= 4 is 33.2 Å². The van der Waals surface area contributed by atoms with Crippen molar-refractivity contribution in [2.45, 2.75) is 19.4 Å². The van der Waals surface area contributed by atoms with Gasteiger partial charge in [-0.25, -0.2) is 0 Å². The third kappa shape index (κ3) is 2.90. The van der Waals surface area contributed by atoms with E-state index in [0.717, 1.165) is 34.8 Å². The van der Waals surface area contributed by atoms with E-state index in [1.165, 1.54) is 0 Å². The summed E-state index contributed by atoms with van der Waals surface area (Å²) >= 11 is 9.37. The minimum absolute atomic E-state index is 0.426. The van der Waals surface area contributed by atoms with Gasteiger partial charge in [-0.3, -0.25) is 0 Å². The summed E-state index contributed by atoms with van der Waals surface area (Å²) < 4.78 is 6.31. The number of benzene rings is 1. The largest absolute Gasteiger partial charge is 0.382 e. The molecule has 16 heavy (non-hydrogen) atoms. The Balaban J connectivity index is 1.99. The van der Waals surface area contributed by atoms with Crippen molar-refractivity contribution in [3.63, 3.8) is 0 Å². The lowest BCUT2D eigenvalue weighted by molar-refractivity contribution is 0.183. The third-order valence-electron chi connectivity index (χ3n) is 2.99. The van der Waals surface area contributed by atoms with Crippen LogP contribution < -0.4 is 5.32 Å². The summed E-state index contributed by atoms with van der Waals surface area (Å²) in [7, 11) is 0. The molecule has 1 aliphatic rings. The van der Waals surface area contributed by atoms with Crippen molar-refractivity contribution < 1.29 is 4.74 Å². The van der Waals surface area contributed by atoms with Crippen molar-refractivity contribution in [2.75, 3.05) is 18.5 Å². The highest BCUT2D eigenvalue weighted by Crippen LogP contribution is 2.27. The van der Waals surface area contributed by atoms with Crippen LogP contribution in [0.4, 0.5) is 5.69 Å². The molecule has 1 aromatic carbocycles. The first-order valence-electron chi connectivity index (χ1n) is 5.46. The summed E-state index contributed by atoms with van der Waals surface area (Å²) in [5, 5.41) is 4.22. The molecule has 1 aliphatic heterocycles. The molecule has 1 heterocycles. The topological polar surface area (TPSA) is 21.3 Å². The molecule has 0 amide bonds. The molecule has 1 fully saturated rings. The van der Waals surface area contributed by atoms with Gasteiger partial charge in [0.05, 0.1) is 11.6 Å². The number of nitrogens with one attached hydrogen (secondary N) is 1. The quantitative estimate of drug-likeness (QED) is 0.913. The fourth-order valence-electron chi connectivity index (χ4n) is 1.91. The highest BCUT2D eigenvalue weighted by atomic mass is 79.9. The van der Waals surface area contributed by atoms with E-state index in [2.05, 4.69) is 28.2 Å². The predicted molar refractivity (Wildman–Crippen MR) is 71.2 cm³/mol. The van der Waals surface area contributed by atoms with E-state index in [-0.39, 0.29) is 0 Å². The summed E-state index contributed by atoms with van der Waals surface area (Å²) in [6.45, 7) is 3.95. The minimum atomic E-state index is 0.426. The van der Waals surface area contributed by atoms with Gasteiger partial charge in [0.2, 0.25) is 0 Å². The zero-order valence-corrected chi connectivity index (χ0v) is 11.5. The van der Waals surface area contributed by atoms with Crippen LogP contribution in [0.3, 0.4) is 0 Å². The van der Waals surface area contributed by atoms with Gasteiger partial charge in [-0.1, -0.05) is 11.6 Å². The van der Waals surface area contributed by atoms with Crippen molar-refractivity contribution in [2.24, 2.45) is 5.92 Å². The Morgan fingerprint density at radius 3 is 3.00 bits per heavy atom. The molecule has 4 heteroatoms. The number of hydrogen-bond donors (Lipinski definition) is 1. The molecular weight excluding hydrogens is 289 g/mol.